The van der Waals surface area contributed by atoms with Gasteiger partial charge in [-0.15, -0.1) is 0 Å². The van der Waals surface area contributed by atoms with Crippen LogP contribution in [0.1, 0.15) is 34.3 Å². The van der Waals surface area contributed by atoms with Gasteiger partial charge in [0.25, 0.3) is 0 Å². The Kier molecular flexibility index (Phi) is 4.32. The van der Waals surface area contributed by atoms with Gasteiger partial charge in [-0.05, 0) is 49.9 Å². The molecule has 3 aliphatic rings. The second kappa shape index (κ2) is 6.88. The average molecular weight is 392 g/mol. The van der Waals surface area contributed by atoms with Gasteiger partial charge in [-0.2, -0.15) is 0 Å². The fourth-order valence-electron chi connectivity index (χ4n) is 4.84. The minimum absolute atomic E-state index is 0.0873. The van der Waals surface area contributed by atoms with Crippen molar-refractivity contribution in [1.82, 2.24) is 9.88 Å². The van der Waals surface area contributed by atoms with Crippen LogP contribution in [0.25, 0.3) is 0 Å². The fraction of sp³-hybridized carbons (Fsp3) is 0.391. The predicted molar refractivity (Wildman–Crippen MR) is 107 cm³/mol. The first kappa shape index (κ1) is 18.2. The number of carbonyl (C=O) groups is 1. The molecule has 3 heterocycles. The number of pyridine rings is 1. The molecule has 3 atom stereocenters. The molecule has 150 valence electrons. The molecule has 1 aliphatic carbocycles. The highest BCUT2D eigenvalue weighted by Gasteiger charge is 2.53. The molecule has 5 rings (SSSR count). The van der Waals surface area contributed by atoms with Crippen LogP contribution in [0.2, 0.25) is 0 Å². The van der Waals surface area contributed by atoms with Crippen molar-refractivity contribution in [2.75, 3.05) is 20.7 Å². The van der Waals surface area contributed by atoms with Crippen LogP contribution in [0, 0.1) is 0 Å². The molecule has 1 aromatic heterocycles. The fourth-order valence-corrected chi connectivity index (χ4v) is 4.84. The lowest BCUT2D eigenvalue weighted by atomic mass is 9.69. The van der Waals surface area contributed by atoms with Crippen molar-refractivity contribution < 1.29 is 19.0 Å². The van der Waals surface area contributed by atoms with Crippen molar-refractivity contribution in [3.8, 4) is 11.5 Å². The highest BCUT2D eigenvalue weighted by molar-refractivity contribution is 5.89. The zero-order chi connectivity index (χ0) is 20.0. The third kappa shape index (κ3) is 2.90. The molecule has 0 amide bonds. The third-order valence-electron chi connectivity index (χ3n) is 6.29. The van der Waals surface area contributed by atoms with Crippen LogP contribution in [-0.4, -0.2) is 48.8 Å². The summed E-state index contributed by atoms with van der Waals surface area (Å²) in [6, 6.07) is 7.58. The molecule has 0 bridgehead atoms. The van der Waals surface area contributed by atoms with Gasteiger partial charge in [0.15, 0.2) is 11.5 Å². The van der Waals surface area contributed by atoms with Gasteiger partial charge in [-0.3, -0.25) is 4.98 Å². The number of aromatic nitrogens is 1. The summed E-state index contributed by atoms with van der Waals surface area (Å²) in [5.41, 5.74) is 2.76. The molecule has 29 heavy (non-hydrogen) atoms. The van der Waals surface area contributed by atoms with Gasteiger partial charge in [0.1, 0.15) is 12.2 Å². The first-order valence-corrected chi connectivity index (χ1v) is 9.96. The summed E-state index contributed by atoms with van der Waals surface area (Å²) in [7, 11) is 3.82. The Bertz CT molecular complexity index is 974. The first-order valence-electron chi connectivity index (χ1n) is 9.96. The van der Waals surface area contributed by atoms with Crippen molar-refractivity contribution in [2.45, 2.75) is 37.0 Å². The highest BCUT2D eigenvalue weighted by atomic mass is 16.6. The van der Waals surface area contributed by atoms with E-state index in [4.69, 9.17) is 14.2 Å². The SMILES string of the molecule is COc1ccc2c3c1O[C@H]1C[C@@H](OC(=O)c4cccnc4)C=C[C@@]31CCN(C)C2. The Morgan fingerprint density at radius 3 is 3.03 bits per heavy atom. The maximum absolute atomic E-state index is 12.5. The quantitative estimate of drug-likeness (QED) is 0.591. The lowest BCUT2D eigenvalue weighted by Crippen LogP contribution is -2.43. The number of hydrogen-bond donors (Lipinski definition) is 0. The molecule has 6 heteroatoms. The Morgan fingerprint density at radius 2 is 2.24 bits per heavy atom. The summed E-state index contributed by atoms with van der Waals surface area (Å²) < 4.78 is 17.8. The van der Waals surface area contributed by atoms with Crippen molar-refractivity contribution >= 4 is 5.97 Å². The number of benzene rings is 1. The van der Waals surface area contributed by atoms with Crippen LogP contribution in [0.4, 0.5) is 0 Å². The van der Waals surface area contributed by atoms with Gasteiger partial charge in [-0.25, -0.2) is 4.79 Å². The van der Waals surface area contributed by atoms with Crippen molar-refractivity contribution in [2.24, 2.45) is 0 Å². The van der Waals surface area contributed by atoms with E-state index in [1.54, 1.807) is 25.4 Å². The number of rotatable bonds is 3. The summed E-state index contributed by atoms with van der Waals surface area (Å²) in [4.78, 5) is 18.8. The molecular formula is C23H24N2O4. The Hall–Kier alpha value is -2.86. The number of ether oxygens (including phenoxy) is 3. The standard InChI is InChI=1S/C23H24N2O4/c1-25-11-9-23-8-7-17(28-22(26)15-4-3-10-24-13-15)12-19(23)29-21-18(27-2)6-5-16(14-25)20(21)23/h3-8,10,13,17,19H,9,11-12,14H2,1-2H3/t17-,19-,23-/m0/s1. The van der Waals surface area contributed by atoms with Crippen molar-refractivity contribution in [1.29, 1.82) is 0 Å². The Labute approximate surface area is 170 Å². The maximum Gasteiger partial charge on any atom is 0.340 e. The predicted octanol–water partition coefficient (Wildman–Crippen LogP) is 3.11. The molecule has 0 saturated heterocycles. The van der Waals surface area contributed by atoms with Gasteiger partial charge < -0.3 is 19.1 Å². The van der Waals surface area contributed by atoms with Crippen LogP contribution in [-0.2, 0) is 16.7 Å². The van der Waals surface area contributed by atoms with Gasteiger partial charge in [-0.1, -0.05) is 12.1 Å². The highest BCUT2D eigenvalue weighted by Crippen LogP contribution is 2.55. The molecule has 0 N–H and O–H groups in total. The lowest BCUT2D eigenvalue weighted by Gasteiger charge is -2.36. The van der Waals surface area contributed by atoms with Gasteiger partial charge in [0, 0.05) is 30.9 Å². The largest absolute Gasteiger partial charge is 0.493 e. The normalized spacial score (nSPS) is 27.4. The van der Waals surface area contributed by atoms with Gasteiger partial charge in [0.2, 0.25) is 0 Å². The molecule has 1 spiro atoms. The summed E-state index contributed by atoms with van der Waals surface area (Å²) in [5, 5.41) is 0. The molecule has 1 aromatic carbocycles. The average Bonchev–Trinajstić information content (AvgIpc) is 3.00. The van der Waals surface area contributed by atoms with E-state index in [2.05, 4.69) is 29.1 Å². The van der Waals surface area contributed by atoms with E-state index in [1.165, 1.54) is 17.3 Å². The third-order valence-corrected chi connectivity index (χ3v) is 6.29. The molecule has 6 nitrogen and oxygen atoms in total. The number of carbonyl (C=O) groups excluding carboxylic acids is 1. The van der Waals surface area contributed by atoms with E-state index < -0.39 is 0 Å². The van der Waals surface area contributed by atoms with E-state index in [-0.39, 0.29) is 23.6 Å². The van der Waals surface area contributed by atoms with Crippen LogP contribution in [0.3, 0.4) is 0 Å². The summed E-state index contributed by atoms with van der Waals surface area (Å²) >= 11 is 0. The minimum atomic E-state index is -0.363. The summed E-state index contributed by atoms with van der Waals surface area (Å²) in [5.74, 6) is 1.24. The van der Waals surface area contributed by atoms with Crippen LogP contribution >= 0.6 is 0 Å². The minimum Gasteiger partial charge on any atom is -0.493 e. The van der Waals surface area contributed by atoms with E-state index >= 15 is 0 Å². The van der Waals surface area contributed by atoms with E-state index in [0.717, 1.165) is 31.0 Å². The molecule has 0 fully saturated rings. The monoisotopic (exact) mass is 392 g/mol. The molecular weight excluding hydrogens is 368 g/mol. The number of hydrogen-bond acceptors (Lipinski definition) is 6. The first-order chi connectivity index (χ1) is 14.1. The smallest absolute Gasteiger partial charge is 0.340 e. The lowest BCUT2D eigenvalue weighted by molar-refractivity contribution is 0.0217. The molecule has 2 aromatic rings. The summed E-state index contributed by atoms with van der Waals surface area (Å²) in [6.45, 7) is 1.86. The summed E-state index contributed by atoms with van der Waals surface area (Å²) in [6.07, 6.45) is 8.55. The second-order valence-electron chi connectivity index (χ2n) is 8.05. The molecule has 0 saturated carbocycles. The second-order valence-corrected chi connectivity index (χ2v) is 8.05. The van der Waals surface area contributed by atoms with Crippen LogP contribution in [0.15, 0.2) is 48.8 Å². The number of esters is 1. The van der Waals surface area contributed by atoms with Crippen LogP contribution in [0.5, 0.6) is 11.5 Å². The van der Waals surface area contributed by atoms with E-state index in [9.17, 15) is 4.79 Å². The van der Waals surface area contributed by atoms with Crippen LogP contribution < -0.4 is 9.47 Å². The van der Waals surface area contributed by atoms with Gasteiger partial charge in [0.05, 0.1) is 18.1 Å². The van der Waals surface area contributed by atoms with Gasteiger partial charge >= 0.3 is 5.97 Å². The Morgan fingerprint density at radius 1 is 1.34 bits per heavy atom. The van der Waals surface area contributed by atoms with Crippen molar-refractivity contribution in [3.05, 3.63) is 65.5 Å². The Balaban J connectivity index is 1.48. The topological polar surface area (TPSA) is 60.9 Å². The zero-order valence-electron chi connectivity index (χ0n) is 16.6. The zero-order valence-corrected chi connectivity index (χ0v) is 16.6. The van der Waals surface area contributed by atoms with Crippen molar-refractivity contribution in [3.63, 3.8) is 0 Å². The van der Waals surface area contributed by atoms with E-state index in [1.807, 2.05) is 12.1 Å². The van der Waals surface area contributed by atoms with E-state index in [0.29, 0.717) is 12.0 Å². The number of methoxy groups -OCH3 is 1. The molecule has 0 unspecified atom stereocenters. The molecule has 0 radical (unpaired) electrons. The molecule has 2 aliphatic heterocycles. The maximum atomic E-state index is 12.5. The number of nitrogens with zero attached hydrogens (tertiary/aromatic N) is 2.